The summed E-state index contributed by atoms with van der Waals surface area (Å²) >= 11 is 0. The van der Waals surface area contributed by atoms with Gasteiger partial charge >= 0.3 is 0 Å². The first-order chi connectivity index (χ1) is 17.5. The van der Waals surface area contributed by atoms with Gasteiger partial charge in [0.15, 0.2) is 0 Å². The standard InChI is InChI=1S/C32H47NO3/c1-3-5-14-25-33-32(36)16-13-11-9-7-6-8-10-12-15-31(27-19-23-29(35)24-20-27)30(4-2)26-17-21-28(34)22-18-26/h17-24,34-35H,3-16,25H2,1-2H3,(H,33,36). The van der Waals surface area contributed by atoms with E-state index in [4.69, 9.17) is 0 Å². The molecule has 3 N–H and O–H groups in total. The Hall–Kier alpha value is -2.75. The Labute approximate surface area is 218 Å². The van der Waals surface area contributed by atoms with Gasteiger partial charge < -0.3 is 15.5 Å². The number of benzene rings is 2. The van der Waals surface area contributed by atoms with Crippen molar-refractivity contribution < 1.29 is 15.0 Å². The van der Waals surface area contributed by atoms with Crippen molar-refractivity contribution >= 4 is 17.1 Å². The van der Waals surface area contributed by atoms with E-state index in [-0.39, 0.29) is 17.4 Å². The molecule has 0 saturated heterocycles. The Bertz CT molecular complexity index is 900. The molecule has 0 aliphatic carbocycles. The predicted molar refractivity (Wildman–Crippen MR) is 152 cm³/mol. The first-order valence-corrected chi connectivity index (χ1v) is 14.1. The van der Waals surface area contributed by atoms with Crippen molar-refractivity contribution in [3.63, 3.8) is 0 Å². The van der Waals surface area contributed by atoms with Crippen molar-refractivity contribution in [2.24, 2.45) is 0 Å². The summed E-state index contributed by atoms with van der Waals surface area (Å²) in [5, 5.41) is 22.5. The molecule has 36 heavy (non-hydrogen) atoms. The molecule has 2 aromatic rings. The van der Waals surface area contributed by atoms with E-state index in [2.05, 4.69) is 19.2 Å². The number of amides is 1. The summed E-state index contributed by atoms with van der Waals surface area (Å²) in [5.41, 5.74) is 4.94. The number of rotatable bonds is 18. The first kappa shape index (κ1) is 29.5. The Morgan fingerprint density at radius 3 is 1.58 bits per heavy atom. The molecule has 0 aliphatic heterocycles. The fourth-order valence-corrected chi connectivity index (χ4v) is 4.73. The summed E-state index contributed by atoms with van der Waals surface area (Å²) in [5.74, 6) is 0.779. The number of carbonyl (C=O) groups excluding carboxylic acids is 1. The highest BCUT2D eigenvalue weighted by atomic mass is 16.3. The predicted octanol–water partition coefficient (Wildman–Crippen LogP) is 8.63. The summed E-state index contributed by atoms with van der Waals surface area (Å²) < 4.78 is 0. The van der Waals surface area contributed by atoms with E-state index in [1.54, 1.807) is 24.3 Å². The highest BCUT2D eigenvalue weighted by Gasteiger charge is 2.11. The second-order valence-electron chi connectivity index (χ2n) is 9.79. The molecule has 0 aliphatic rings. The lowest BCUT2D eigenvalue weighted by molar-refractivity contribution is -0.121. The van der Waals surface area contributed by atoms with Crippen LogP contribution in [-0.2, 0) is 4.79 Å². The smallest absolute Gasteiger partial charge is 0.219 e. The van der Waals surface area contributed by atoms with Crippen molar-refractivity contribution in [2.75, 3.05) is 6.54 Å². The number of aromatic hydroxyl groups is 2. The molecule has 0 unspecified atom stereocenters. The van der Waals surface area contributed by atoms with Gasteiger partial charge in [0, 0.05) is 13.0 Å². The van der Waals surface area contributed by atoms with Crippen LogP contribution in [0.15, 0.2) is 48.5 Å². The number of phenolic OH excluding ortho intramolecular Hbond substituents is 2. The minimum Gasteiger partial charge on any atom is -0.508 e. The van der Waals surface area contributed by atoms with Crippen molar-refractivity contribution in [2.45, 2.75) is 104 Å². The van der Waals surface area contributed by atoms with E-state index >= 15 is 0 Å². The van der Waals surface area contributed by atoms with Crippen LogP contribution in [0.3, 0.4) is 0 Å². The normalized spacial score (nSPS) is 11.8. The second-order valence-corrected chi connectivity index (χ2v) is 9.79. The van der Waals surface area contributed by atoms with Crippen LogP contribution in [0.1, 0.15) is 115 Å². The molecule has 2 rings (SSSR count). The number of allylic oxidation sites excluding steroid dienone is 2. The van der Waals surface area contributed by atoms with E-state index in [0.29, 0.717) is 6.42 Å². The number of nitrogens with one attached hydrogen (secondary N) is 1. The van der Waals surface area contributed by atoms with Gasteiger partial charge in [-0.05, 0) is 78.6 Å². The molecule has 0 fully saturated rings. The summed E-state index contributed by atoms with van der Waals surface area (Å²) in [7, 11) is 0. The van der Waals surface area contributed by atoms with Crippen molar-refractivity contribution in [1.29, 1.82) is 0 Å². The third-order valence-corrected chi connectivity index (χ3v) is 6.83. The Kier molecular flexibility index (Phi) is 14.4. The van der Waals surface area contributed by atoms with Gasteiger partial charge in [0.05, 0.1) is 0 Å². The SMILES string of the molecule is CCCCCNC(=O)CCCCCCCCCCC(=C(CC)c1ccc(O)cc1)c1ccc(O)cc1. The van der Waals surface area contributed by atoms with Crippen LogP contribution < -0.4 is 5.32 Å². The van der Waals surface area contributed by atoms with Gasteiger partial charge in [-0.15, -0.1) is 0 Å². The molecule has 0 bridgehead atoms. The second kappa shape index (κ2) is 17.6. The minimum absolute atomic E-state index is 0.211. The van der Waals surface area contributed by atoms with Gasteiger partial charge in [-0.2, -0.15) is 0 Å². The topological polar surface area (TPSA) is 69.6 Å². The molecule has 0 aromatic heterocycles. The number of hydrogen-bond donors (Lipinski definition) is 3. The highest BCUT2D eigenvalue weighted by Crippen LogP contribution is 2.34. The molecule has 4 nitrogen and oxygen atoms in total. The summed E-state index contributed by atoms with van der Waals surface area (Å²) in [6.45, 7) is 5.18. The molecule has 0 spiro atoms. The Morgan fingerprint density at radius 2 is 1.08 bits per heavy atom. The van der Waals surface area contributed by atoms with Crippen LogP contribution in [-0.4, -0.2) is 22.7 Å². The highest BCUT2D eigenvalue weighted by molar-refractivity contribution is 5.91. The van der Waals surface area contributed by atoms with Crippen molar-refractivity contribution in [3.8, 4) is 11.5 Å². The zero-order chi connectivity index (χ0) is 26.0. The average Bonchev–Trinajstić information content (AvgIpc) is 2.88. The third kappa shape index (κ3) is 11.3. The van der Waals surface area contributed by atoms with Gasteiger partial charge in [-0.25, -0.2) is 0 Å². The van der Waals surface area contributed by atoms with Crippen molar-refractivity contribution in [1.82, 2.24) is 5.32 Å². The van der Waals surface area contributed by atoms with Gasteiger partial charge in [-0.1, -0.05) is 89.5 Å². The van der Waals surface area contributed by atoms with Crippen LogP contribution in [0, 0.1) is 0 Å². The fourth-order valence-electron chi connectivity index (χ4n) is 4.73. The molecule has 1 amide bonds. The van der Waals surface area contributed by atoms with Crippen LogP contribution in [0.2, 0.25) is 0 Å². The van der Waals surface area contributed by atoms with Gasteiger partial charge in [0.2, 0.25) is 5.91 Å². The average molecular weight is 494 g/mol. The van der Waals surface area contributed by atoms with E-state index < -0.39 is 0 Å². The Balaban J connectivity index is 1.73. The van der Waals surface area contributed by atoms with Crippen LogP contribution in [0.5, 0.6) is 11.5 Å². The maximum atomic E-state index is 11.8. The monoisotopic (exact) mass is 493 g/mol. The van der Waals surface area contributed by atoms with Gasteiger partial charge in [-0.3, -0.25) is 4.79 Å². The molecular weight excluding hydrogens is 446 g/mol. The lowest BCUT2D eigenvalue weighted by atomic mass is 9.89. The summed E-state index contributed by atoms with van der Waals surface area (Å²) in [6, 6.07) is 15.0. The van der Waals surface area contributed by atoms with E-state index in [1.165, 1.54) is 56.1 Å². The maximum absolute atomic E-state index is 11.8. The molecule has 4 heteroatoms. The number of hydrogen-bond acceptors (Lipinski definition) is 3. The van der Waals surface area contributed by atoms with E-state index in [9.17, 15) is 15.0 Å². The quantitative estimate of drug-likeness (QED) is 0.144. The van der Waals surface area contributed by atoms with Gasteiger partial charge in [0.1, 0.15) is 11.5 Å². The molecule has 0 radical (unpaired) electrons. The van der Waals surface area contributed by atoms with Gasteiger partial charge in [0.25, 0.3) is 0 Å². The molecule has 0 atom stereocenters. The minimum atomic E-state index is 0.211. The van der Waals surface area contributed by atoms with Crippen LogP contribution in [0.25, 0.3) is 11.1 Å². The summed E-state index contributed by atoms with van der Waals surface area (Å²) in [4.78, 5) is 11.8. The lowest BCUT2D eigenvalue weighted by Gasteiger charge is -2.16. The lowest BCUT2D eigenvalue weighted by Crippen LogP contribution is -2.23. The largest absolute Gasteiger partial charge is 0.508 e. The van der Waals surface area contributed by atoms with E-state index in [1.807, 2.05) is 24.3 Å². The van der Waals surface area contributed by atoms with Crippen LogP contribution in [0.4, 0.5) is 0 Å². The van der Waals surface area contributed by atoms with Crippen molar-refractivity contribution in [3.05, 3.63) is 59.7 Å². The molecule has 0 heterocycles. The first-order valence-electron chi connectivity index (χ1n) is 14.1. The Morgan fingerprint density at radius 1 is 0.611 bits per heavy atom. The third-order valence-electron chi connectivity index (χ3n) is 6.83. The summed E-state index contributed by atoms with van der Waals surface area (Å²) in [6.07, 6.45) is 15.5. The molecule has 2 aromatic carbocycles. The molecule has 198 valence electrons. The van der Waals surface area contributed by atoms with E-state index in [0.717, 1.165) is 56.2 Å². The van der Waals surface area contributed by atoms with Crippen LogP contribution >= 0.6 is 0 Å². The maximum Gasteiger partial charge on any atom is 0.219 e. The number of carbonyl (C=O) groups is 1. The number of unbranched alkanes of at least 4 members (excludes halogenated alkanes) is 9. The number of phenols is 2. The zero-order valence-corrected chi connectivity index (χ0v) is 22.5. The molecular formula is C32H47NO3. The fraction of sp³-hybridized carbons (Fsp3) is 0.531. The zero-order valence-electron chi connectivity index (χ0n) is 22.5. The molecule has 0 saturated carbocycles.